The lowest BCUT2D eigenvalue weighted by atomic mass is 9.98. The third-order valence-electron chi connectivity index (χ3n) is 4.83. The SMILES string of the molecule is O=C(O)CCC(=O)NCCNCC(=O)OCC1c2ccccc2-c2ccccc21. The van der Waals surface area contributed by atoms with Crippen LogP contribution < -0.4 is 10.6 Å². The van der Waals surface area contributed by atoms with Crippen LogP contribution in [-0.2, 0) is 19.1 Å². The molecule has 0 atom stereocenters. The first-order chi connectivity index (χ1) is 14.1. The van der Waals surface area contributed by atoms with Gasteiger partial charge in [0.2, 0.25) is 5.91 Å². The van der Waals surface area contributed by atoms with Gasteiger partial charge in [0.25, 0.3) is 0 Å². The molecule has 0 radical (unpaired) electrons. The summed E-state index contributed by atoms with van der Waals surface area (Å²) in [5.41, 5.74) is 4.69. The maximum atomic E-state index is 12.1. The maximum Gasteiger partial charge on any atom is 0.319 e. The molecule has 152 valence electrons. The summed E-state index contributed by atoms with van der Waals surface area (Å²) >= 11 is 0. The highest BCUT2D eigenvalue weighted by molar-refractivity contribution is 5.80. The molecular formula is C22H24N2O5. The summed E-state index contributed by atoms with van der Waals surface area (Å²) < 4.78 is 5.48. The van der Waals surface area contributed by atoms with Gasteiger partial charge < -0.3 is 20.5 Å². The second-order valence-corrected chi connectivity index (χ2v) is 6.83. The van der Waals surface area contributed by atoms with Crippen LogP contribution in [0.15, 0.2) is 48.5 Å². The second kappa shape index (κ2) is 9.84. The van der Waals surface area contributed by atoms with Gasteiger partial charge in [-0.05, 0) is 22.3 Å². The molecule has 7 heteroatoms. The molecule has 3 N–H and O–H groups in total. The monoisotopic (exact) mass is 396 g/mol. The zero-order valence-electron chi connectivity index (χ0n) is 16.0. The molecule has 2 aromatic rings. The molecule has 2 aromatic carbocycles. The summed E-state index contributed by atoms with van der Waals surface area (Å²) in [4.78, 5) is 33.9. The molecule has 0 aliphatic heterocycles. The van der Waals surface area contributed by atoms with Crippen LogP contribution in [0.2, 0.25) is 0 Å². The predicted octanol–water partition coefficient (Wildman–Crippen LogP) is 1.91. The van der Waals surface area contributed by atoms with Crippen LogP contribution in [0.25, 0.3) is 11.1 Å². The number of carboxylic acid groups (broad SMARTS) is 1. The van der Waals surface area contributed by atoms with Crippen molar-refractivity contribution in [2.45, 2.75) is 18.8 Å². The molecule has 0 aromatic heterocycles. The Labute approximate surface area is 169 Å². The van der Waals surface area contributed by atoms with E-state index in [-0.39, 0.29) is 43.8 Å². The Morgan fingerprint density at radius 3 is 2.14 bits per heavy atom. The third kappa shape index (κ3) is 5.42. The summed E-state index contributed by atoms with van der Waals surface area (Å²) in [5, 5.41) is 14.0. The number of ether oxygens (including phenoxy) is 1. The van der Waals surface area contributed by atoms with Crippen LogP contribution >= 0.6 is 0 Å². The number of nitrogens with one attached hydrogen (secondary N) is 2. The zero-order valence-corrected chi connectivity index (χ0v) is 16.0. The number of carbonyl (C=O) groups excluding carboxylic acids is 2. The lowest BCUT2D eigenvalue weighted by molar-refractivity contribution is -0.142. The molecule has 1 aliphatic carbocycles. The number of aliphatic carboxylic acids is 1. The molecule has 7 nitrogen and oxygen atoms in total. The normalized spacial score (nSPS) is 12.1. The molecule has 0 heterocycles. The minimum Gasteiger partial charge on any atom is -0.481 e. The Balaban J connectivity index is 1.40. The van der Waals surface area contributed by atoms with Gasteiger partial charge in [0.15, 0.2) is 0 Å². The van der Waals surface area contributed by atoms with Crippen molar-refractivity contribution in [3.63, 3.8) is 0 Å². The van der Waals surface area contributed by atoms with Crippen LogP contribution in [0.3, 0.4) is 0 Å². The van der Waals surface area contributed by atoms with Crippen LogP contribution in [0.1, 0.15) is 29.9 Å². The number of hydrogen-bond donors (Lipinski definition) is 3. The Bertz CT molecular complexity index is 851. The van der Waals surface area contributed by atoms with E-state index in [1.54, 1.807) is 0 Å². The van der Waals surface area contributed by atoms with E-state index in [1.165, 1.54) is 22.3 Å². The van der Waals surface area contributed by atoms with Gasteiger partial charge in [-0.25, -0.2) is 0 Å². The minimum absolute atomic E-state index is 0.0277. The fourth-order valence-electron chi connectivity index (χ4n) is 3.46. The maximum absolute atomic E-state index is 12.1. The Kier molecular flexibility index (Phi) is 6.97. The Morgan fingerprint density at radius 1 is 0.897 bits per heavy atom. The van der Waals surface area contributed by atoms with Crippen molar-refractivity contribution in [1.82, 2.24) is 10.6 Å². The van der Waals surface area contributed by atoms with E-state index in [2.05, 4.69) is 34.9 Å². The molecule has 0 saturated heterocycles. The van der Waals surface area contributed by atoms with Crippen molar-refractivity contribution in [2.24, 2.45) is 0 Å². The highest BCUT2D eigenvalue weighted by Crippen LogP contribution is 2.44. The van der Waals surface area contributed by atoms with Crippen molar-refractivity contribution < 1.29 is 24.2 Å². The van der Waals surface area contributed by atoms with Crippen LogP contribution in [-0.4, -0.2) is 49.2 Å². The number of amides is 1. The molecular weight excluding hydrogens is 372 g/mol. The smallest absolute Gasteiger partial charge is 0.319 e. The second-order valence-electron chi connectivity index (χ2n) is 6.83. The number of fused-ring (bicyclic) bond motifs is 3. The first kappa shape index (κ1) is 20.5. The Morgan fingerprint density at radius 2 is 1.52 bits per heavy atom. The van der Waals surface area contributed by atoms with Gasteiger partial charge in [0, 0.05) is 25.4 Å². The number of carbonyl (C=O) groups is 3. The summed E-state index contributed by atoms with van der Waals surface area (Å²) in [7, 11) is 0. The van der Waals surface area contributed by atoms with Crippen molar-refractivity contribution >= 4 is 17.8 Å². The van der Waals surface area contributed by atoms with Gasteiger partial charge in [-0.2, -0.15) is 0 Å². The van der Waals surface area contributed by atoms with Gasteiger partial charge in [0.05, 0.1) is 13.0 Å². The van der Waals surface area contributed by atoms with E-state index in [0.717, 1.165) is 0 Å². The number of carboxylic acids is 1. The Hall–Kier alpha value is -3.19. The van der Waals surface area contributed by atoms with E-state index in [0.29, 0.717) is 13.1 Å². The first-order valence-electron chi connectivity index (χ1n) is 9.59. The van der Waals surface area contributed by atoms with Crippen LogP contribution in [0, 0.1) is 0 Å². The van der Waals surface area contributed by atoms with Crippen LogP contribution in [0.4, 0.5) is 0 Å². The fraction of sp³-hybridized carbons (Fsp3) is 0.318. The van der Waals surface area contributed by atoms with E-state index >= 15 is 0 Å². The number of esters is 1. The van der Waals surface area contributed by atoms with Gasteiger partial charge in [-0.1, -0.05) is 48.5 Å². The van der Waals surface area contributed by atoms with E-state index < -0.39 is 5.97 Å². The minimum atomic E-state index is -1.01. The molecule has 0 fully saturated rings. The lowest BCUT2D eigenvalue weighted by Crippen LogP contribution is -2.34. The highest BCUT2D eigenvalue weighted by atomic mass is 16.5. The molecule has 0 unspecified atom stereocenters. The number of benzene rings is 2. The molecule has 1 amide bonds. The van der Waals surface area contributed by atoms with Gasteiger partial charge in [-0.15, -0.1) is 0 Å². The zero-order chi connectivity index (χ0) is 20.6. The third-order valence-corrected chi connectivity index (χ3v) is 4.83. The van der Waals surface area contributed by atoms with Crippen LogP contribution in [0.5, 0.6) is 0 Å². The molecule has 0 bridgehead atoms. The average molecular weight is 396 g/mol. The van der Waals surface area contributed by atoms with Crippen molar-refractivity contribution in [2.75, 3.05) is 26.2 Å². The van der Waals surface area contributed by atoms with Gasteiger partial charge in [-0.3, -0.25) is 14.4 Å². The summed E-state index contributed by atoms with van der Waals surface area (Å²) in [6.45, 7) is 1.03. The van der Waals surface area contributed by atoms with Crippen molar-refractivity contribution in [1.29, 1.82) is 0 Å². The number of hydrogen-bond acceptors (Lipinski definition) is 5. The summed E-state index contributed by atoms with van der Waals surface area (Å²) in [6.07, 6.45) is -0.249. The largest absolute Gasteiger partial charge is 0.481 e. The highest BCUT2D eigenvalue weighted by Gasteiger charge is 2.28. The summed E-state index contributed by atoms with van der Waals surface area (Å²) in [6, 6.07) is 16.3. The number of rotatable bonds is 10. The standard InChI is InChI=1S/C22H24N2O5/c25-20(9-10-21(26)27)24-12-11-23-13-22(28)29-14-19-17-7-3-1-5-15(17)16-6-2-4-8-18(16)19/h1-8,19,23H,9-14H2,(H,24,25)(H,26,27). The lowest BCUT2D eigenvalue weighted by Gasteiger charge is -2.14. The summed E-state index contributed by atoms with van der Waals surface area (Å²) in [5.74, 6) is -1.66. The molecule has 3 rings (SSSR count). The first-order valence-corrected chi connectivity index (χ1v) is 9.59. The molecule has 0 saturated carbocycles. The topological polar surface area (TPSA) is 105 Å². The van der Waals surface area contributed by atoms with Gasteiger partial charge >= 0.3 is 11.9 Å². The van der Waals surface area contributed by atoms with Crippen molar-refractivity contribution in [3.8, 4) is 11.1 Å². The van der Waals surface area contributed by atoms with E-state index in [1.807, 2.05) is 24.3 Å². The van der Waals surface area contributed by atoms with E-state index in [4.69, 9.17) is 9.84 Å². The van der Waals surface area contributed by atoms with Crippen molar-refractivity contribution in [3.05, 3.63) is 59.7 Å². The van der Waals surface area contributed by atoms with E-state index in [9.17, 15) is 14.4 Å². The predicted molar refractivity (Wildman–Crippen MR) is 107 cm³/mol. The fourth-order valence-corrected chi connectivity index (χ4v) is 3.46. The molecule has 0 spiro atoms. The average Bonchev–Trinajstić information content (AvgIpc) is 3.04. The molecule has 1 aliphatic rings. The van der Waals surface area contributed by atoms with Gasteiger partial charge in [0.1, 0.15) is 6.61 Å². The molecule has 29 heavy (non-hydrogen) atoms. The quantitative estimate of drug-likeness (QED) is 0.419.